The quantitative estimate of drug-likeness (QED) is 0.514. The van der Waals surface area contributed by atoms with Crippen molar-refractivity contribution in [2.75, 3.05) is 0 Å². The Morgan fingerprint density at radius 3 is 2.55 bits per heavy atom. The zero-order chi connectivity index (χ0) is 23.5. The minimum Gasteiger partial charge on any atom is -0.386 e. The number of aryl methyl sites for hydroxylation is 1. The third kappa shape index (κ3) is 3.54. The third-order valence-corrected chi connectivity index (χ3v) is 5.90. The van der Waals surface area contributed by atoms with E-state index in [4.69, 9.17) is 0 Å². The lowest BCUT2D eigenvalue weighted by Gasteiger charge is -2.19. The van der Waals surface area contributed by atoms with Crippen molar-refractivity contribution in [3.8, 4) is 11.1 Å². The number of aliphatic hydroxyl groups is 1. The molecule has 0 saturated heterocycles. The first-order valence-electron chi connectivity index (χ1n) is 10.4. The summed E-state index contributed by atoms with van der Waals surface area (Å²) >= 11 is 0. The van der Waals surface area contributed by atoms with E-state index in [1.807, 2.05) is 0 Å². The molecule has 0 radical (unpaired) electrons. The summed E-state index contributed by atoms with van der Waals surface area (Å²) in [6, 6.07) is 5.97. The highest BCUT2D eigenvalue weighted by Gasteiger charge is 2.30. The van der Waals surface area contributed by atoms with Crippen molar-refractivity contribution in [1.82, 2.24) is 24.6 Å². The Morgan fingerprint density at radius 1 is 1.15 bits per heavy atom. The fraction of sp³-hybridized carbons (Fsp3) is 0.250. The van der Waals surface area contributed by atoms with Crippen molar-refractivity contribution in [3.05, 3.63) is 77.0 Å². The number of carbonyl (C=O) groups is 1. The monoisotopic (exact) mass is 449 g/mol. The predicted octanol–water partition coefficient (Wildman–Crippen LogP) is 3.69. The zero-order valence-electron chi connectivity index (χ0n) is 18.3. The van der Waals surface area contributed by atoms with Crippen molar-refractivity contribution in [2.24, 2.45) is 7.05 Å². The average molecular weight is 449 g/mol. The van der Waals surface area contributed by atoms with E-state index in [1.54, 1.807) is 43.9 Å². The molecule has 0 fully saturated rings. The van der Waals surface area contributed by atoms with E-state index in [0.29, 0.717) is 38.9 Å². The van der Waals surface area contributed by atoms with Crippen LogP contribution in [0.4, 0.5) is 8.78 Å². The van der Waals surface area contributed by atoms with Crippen molar-refractivity contribution in [3.63, 3.8) is 0 Å². The molecule has 1 amide bonds. The fourth-order valence-electron chi connectivity index (χ4n) is 4.28. The van der Waals surface area contributed by atoms with Gasteiger partial charge in [0.2, 0.25) is 0 Å². The first kappa shape index (κ1) is 21.1. The standard InChI is InChI=1S/C24H21F2N5O2/c1-24(2,33)18-5-4-14(16-9-30(3)29-22(16)18)13-6-19(25)17(20(26)7-13)10-31-11-21-15(23(31)32)8-27-12-28-21/h4-9,12,33H,10-11H2,1-3H3. The molecule has 33 heavy (non-hydrogen) atoms. The minimum atomic E-state index is -1.13. The predicted molar refractivity (Wildman–Crippen MR) is 117 cm³/mol. The highest BCUT2D eigenvalue weighted by molar-refractivity contribution is 5.98. The van der Waals surface area contributed by atoms with Crippen LogP contribution in [0.2, 0.25) is 0 Å². The SMILES string of the molecule is Cn1cc2c(-c3cc(F)c(CN4Cc5ncncc5C4=O)c(F)c3)ccc(C(C)(C)O)c2n1. The van der Waals surface area contributed by atoms with E-state index in [1.165, 1.54) is 29.6 Å². The molecular formula is C24H21F2N5O2. The van der Waals surface area contributed by atoms with Gasteiger partial charge >= 0.3 is 0 Å². The third-order valence-electron chi connectivity index (χ3n) is 5.90. The molecule has 0 unspecified atom stereocenters. The van der Waals surface area contributed by atoms with Crippen LogP contribution in [0, 0.1) is 11.6 Å². The molecule has 1 N–H and O–H groups in total. The van der Waals surface area contributed by atoms with Crippen LogP contribution >= 0.6 is 0 Å². The fourth-order valence-corrected chi connectivity index (χ4v) is 4.28. The molecular weight excluding hydrogens is 428 g/mol. The Kier molecular flexibility index (Phi) is 4.75. The summed E-state index contributed by atoms with van der Waals surface area (Å²) in [5.74, 6) is -1.85. The lowest BCUT2D eigenvalue weighted by Crippen LogP contribution is -2.24. The van der Waals surface area contributed by atoms with E-state index in [9.17, 15) is 9.90 Å². The van der Waals surface area contributed by atoms with Gasteiger partial charge < -0.3 is 10.0 Å². The molecule has 0 aliphatic carbocycles. The van der Waals surface area contributed by atoms with Crippen molar-refractivity contribution in [2.45, 2.75) is 32.5 Å². The molecule has 2 aromatic carbocycles. The molecule has 9 heteroatoms. The van der Waals surface area contributed by atoms with Gasteiger partial charge in [-0.3, -0.25) is 9.48 Å². The van der Waals surface area contributed by atoms with Crippen molar-refractivity contribution >= 4 is 16.8 Å². The van der Waals surface area contributed by atoms with Gasteiger partial charge in [0, 0.05) is 36.0 Å². The van der Waals surface area contributed by atoms with Gasteiger partial charge in [0.25, 0.3) is 5.91 Å². The molecule has 0 bridgehead atoms. The largest absolute Gasteiger partial charge is 0.386 e. The molecule has 0 saturated carbocycles. The molecule has 1 aliphatic rings. The summed E-state index contributed by atoms with van der Waals surface area (Å²) in [6.45, 7) is 3.28. The smallest absolute Gasteiger partial charge is 0.258 e. The summed E-state index contributed by atoms with van der Waals surface area (Å²) in [5, 5.41) is 15.6. The van der Waals surface area contributed by atoms with Gasteiger partial charge in [-0.25, -0.2) is 18.7 Å². The van der Waals surface area contributed by atoms with Gasteiger partial charge in [0.1, 0.15) is 18.0 Å². The van der Waals surface area contributed by atoms with Crippen LogP contribution in [0.15, 0.2) is 43.0 Å². The normalized spacial score (nSPS) is 13.8. The number of rotatable bonds is 4. The Hall–Kier alpha value is -3.72. The molecule has 168 valence electrons. The summed E-state index contributed by atoms with van der Waals surface area (Å²) < 4.78 is 31.8. The number of aromatic nitrogens is 4. The molecule has 7 nitrogen and oxygen atoms in total. The number of hydrogen-bond acceptors (Lipinski definition) is 5. The van der Waals surface area contributed by atoms with E-state index in [-0.39, 0.29) is 24.6 Å². The summed E-state index contributed by atoms with van der Waals surface area (Å²) in [7, 11) is 1.75. The van der Waals surface area contributed by atoms with Crippen molar-refractivity contribution < 1.29 is 18.7 Å². The second-order valence-electron chi connectivity index (χ2n) is 8.75. The van der Waals surface area contributed by atoms with E-state index in [0.717, 1.165) is 0 Å². The van der Waals surface area contributed by atoms with E-state index >= 15 is 8.78 Å². The molecule has 1 aliphatic heterocycles. The van der Waals surface area contributed by atoms with Crippen LogP contribution in [0.1, 0.15) is 41.0 Å². The second-order valence-corrected chi connectivity index (χ2v) is 8.75. The first-order chi connectivity index (χ1) is 15.6. The Bertz CT molecular complexity index is 1400. The van der Waals surface area contributed by atoms with Crippen LogP contribution in [0.3, 0.4) is 0 Å². The lowest BCUT2D eigenvalue weighted by atomic mass is 9.91. The number of carbonyl (C=O) groups excluding carboxylic acids is 1. The number of hydrogen-bond donors (Lipinski definition) is 1. The van der Waals surface area contributed by atoms with Crippen LogP contribution in [0.5, 0.6) is 0 Å². The maximum atomic E-state index is 15.1. The summed E-state index contributed by atoms with van der Waals surface area (Å²) in [6.07, 6.45) is 4.51. The highest BCUT2D eigenvalue weighted by atomic mass is 19.1. The molecule has 0 atom stereocenters. The minimum absolute atomic E-state index is 0.173. The van der Waals surface area contributed by atoms with Gasteiger partial charge in [-0.1, -0.05) is 12.1 Å². The molecule has 0 spiro atoms. The lowest BCUT2D eigenvalue weighted by molar-refractivity contribution is 0.0762. The first-order valence-corrected chi connectivity index (χ1v) is 10.4. The van der Waals surface area contributed by atoms with Gasteiger partial charge in [-0.05, 0) is 37.1 Å². The Labute approximate surface area is 188 Å². The van der Waals surface area contributed by atoms with E-state index < -0.39 is 17.2 Å². The number of fused-ring (bicyclic) bond motifs is 2. The molecule has 3 heterocycles. The van der Waals surface area contributed by atoms with Crippen LogP contribution < -0.4 is 0 Å². The van der Waals surface area contributed by atoms with Crippen LogP contribution in [-0.2, 0) is 25.7 Å². The maximum Gasteiger partial charge on any atom is 0.258 e. The van der Waals surface area contributed by atoms with Gasteiger partial charge in [0.15, 0.2) is 0 Å². The van der Waals surface area contributed by atoms with Crippen LogP contribution in [-0.4, -0.2) is 35.7 Å². The van der Waals surface area contributed by atoms with Crippen LogP contribution in [0.25, 0.3) is 22.0 Å². The van der Waals surface area contributed by atoms with Gasteiger partial charge in [-0.2, -0.15) is 5.10 Å². The van der Waals surface area contributed by atoms with E-state index in [2.05, 4.69) is 15.1 Å². The summed E-state index contributed by atoms with van der Waals surface area (Å²) in [5.41, 5.74) is 1.69. The average Bonchev–Trinajstić information content (AvgIpc) is 3.28. The molecule has 4 aromatic rings. The highest BCUT2D eigenvalue weighted by Crippen LogP contribution is 2.36. The topological polar surface area (TPSA) is 84.1 Å². The number of nitrogens with zero attached hydrogens (tertiary/aromatic N) is 5. The van der Waals surface area contributed by atoms with Crippen molar-refractivity contribution in [1.29, 1.82) is 0 Å². The Balaban J connectivity index is 1.53. The zero-order valence-corrected chi connectivity index (χ0v) is 18.3. The number of benzene rings is 2. The van der Waals surface area contributed by atoms with Gasteiger partial charge in [0.05, 0.1) is 35.5 Å². The molecule has 2 aromatic heterocycles. The number of amides is 1. The Morgan fingerprint density at radius 2 is 1.88 bits per heavy atom. The number of halogens is 2. The molecule has 5 rings (SSSR count). The maximum absolute atomic E-state index is 15.1. The van der Waals surface area contributed by atoms with Gasteiger partial charge in [-0.15, -0.1) is 0 Å². The second kappa shape index (κ2) is 7.41. The summed E-state index contributed by atoms with van der Waals surface area (Å²) in [4.78, 5) is 21.8.